The minimum Gasteiger partial charge on any atom is -0.299 e. The lowest BCUT2D eigenvalue weighted by molar-refractivity contribution is 0.280. The molecule has 0 aliphatic carbocycles. The maximum Gasteiger partial charge on any atom is 0.0189 e. The molecule has 0 aromatic carbocycles. The molecule has 25 heavy (non-hydrogen) atoms. The fraction of sp³-hybridized carbons (Fsp3) is 0.917. The van der Waals surface area contributed by atoms with Crippen LogP contribution in [-0.2, 0) is 0 Å². The zero-order valence-electron chi connectivity index (χ0n) is 18.3. The second-order valence-electron chi connectivity index (χ2n) is 8.01. The van der Waals surface area contributed by atoms with E-state index in [-0.39, 0.29) is 0 Å². The molecule has 0 N–H and O–H groups in total. The van der Waals surface area contributed by atoms with Gasteiger partial charge in [-0.2, -0.15) is 0 Å². The molecule has 0 aliphatic rings. The number of allylic oxidation sites excluding steroid dienone is 1. The summed E-state index contributed by atoms with van der Waals surface area (Å²) in [7, 11) is 0. The van der Waals surface area contributed by atoms with Gasteiger partial charge >= 0.3 is 0 Å². The Morgan fingerprint density at radius 3 is 1.32 bits per heavy atom. The van der Waals surface area contributed by atoms with Gasteiger partial charge in [-0.3, -0.25) is 4.90 Å². The lowest BCUT2D eigenvalue weighted by Gasteiger charge is -2.22. The van der Waals surface area contributed by atoms with E-state index < -0.39 is 0 Å². The molecule has 0 spiro atoms. The molecule has 0 heterocycles. The highest BCUT2D eigenvalue weighted by molar-refractivity contribution is 4.98. The SMILES string of the molecule is C/C=C(\C)CN(CCCCCCCCC)CCCCCCCCCC. The van der Waals surface area contributed by atoms with E-state index in [1.807, 2.05) is 0 Å². The van der Waals surface area contributed by atoms with Gasteiger partial charge in [0.15, 0.2) is 0 Å². The van der Waals surface area contributed by atoms with E-state index in [0.717, 1.165) is 0 Å². The van der Waals surface area contributed by atoms with Crippen LogP contribution in [0.15, 0.2) is 11.6 Å². The Balaban J connectivity index is 3.75. The predicted octanol–water partition coefficient (Wildman–Crippen LogP) is 8.15. The highest BCUT2D eigenvalue weighted by Gasteiger charge is 2.05. The van der Waals surface area contributed by atoms with Gasteiger partial charge in [-0.1, -0.05) is 109 Å². The average Bonchev–Trinajstić information content (AvgIpc) is 2.62. The third kappa shape index (κ3) is 18.3. The minimum absolute atomic E-state index is 1.18. The maximum atomic E-state index is 2.71. The third-order valence-electron chi connectivity index (χ3n) is 5.37. The normalized spacial score (nSPS) is 12.3. The molecule has 1 heteroatoms. The van der Waals surface area contributed by atoms with Crippen LogP contribution in [0, 0.1) is 0 Å². The summed E-state index contributed by atoms with van der Waals surface area (Å²) in [5, 5.41) is 0. The van der Waals surface area contributed by atoms with Gasteiger partial charge < -0.3 is 0 Å². The third-order valence-corrected chi connectivity index (χ3v) is 5.37. The van der Waals surface area contributed by atoms with Crippen LogP contribution in [0.3, 0.4) is 0 Å². The number of nitrogens with zero attached hydrogens (tertiary/aromatic N) is 1. The van der Waals surface area contributed by atoms with E-state index in [2.05, 4.69) is 38.7 Å². The fourth-order valence-electron chi connectivity index (χ4n) is 3.48. The Kier molecular flexibility index (Phi) is 19.8. The quantitative estimate of drug-likeness (QED) is 0.168. The molecule has 0 fully saturated rings. The number of hydrogen-bond donors (Lipinski definition) is 0. The van der Waals surface area contributed by atoms with E-state index >= 15 is 0 Å². The number of hydrogen-bond acceptors (Lipinski definition) is 1. The van der Waals surface area contributed by atoms with E-state index in [9.17, 15) is 0 Å². The van der Waals surface area contributed by atoms with Gasteiger partial charge in [0.1, 0.15) is 0 Å². The first-order valence-corrected chi connectivity index (χ1v) is 11.6. The Labute approximate surface area is 160 Å². The molecule has 0 bridgehead atoms. The van der Waals surface area contributed by atoms with Crippen molar-refractivity contribution in [2.45, 2.75) is 124 Å². The van der Waals surface area contributed by atoms with Crippen molar-refractivity contribution in [1.82, 2.24) is 4.90 Å². The summed E-state index contributed by atoms with van der Waals surface area (Å²) in [6.07, 6.45) is 23.6. The monoisotopic (exact) mass is 351 g/mol. The van der Waals surface area contributed by atoms with Gasteiger partial charge in [-0.25, -0.2) is 0 Å². The summed E-state index contributed by atoms with van der Waals surface area (Å²) in [4.78, 5) is 2.71. The summed E-state index contributed by atoms with van der Waals surface area (Å²) in [5.74, 6) is 0. The Morgan fingerprint density at radius 2 is 0.960 bits per heavy atom. The van der Waals surface area contributed by atoms with Gasteiger partial charge in [0, 0.05) is 6.54 Å². The molecule has 0 rings (SSSR count). The van der Waals surface area contributed by atoms with Crippen molar-refractivity contribution in [2.75, 3.05) is 19.6 Å². The zero-order chi connectivity index (χ0) is 18.6. The van der Waals surface area contributed by atoms with Crippen molar-refractivity contribution < 1.29 is 0 Å². The average molecular weight is 352 g/mol. The smallest absolute Gasteiger partial charge is 0.0189 e. The largest absolute Gasteiger partial charge is 0.299 e. The van der Waals surface area contributed by atoms with Gasteiger partial charge in [0.25, 0.3) is 0 Å². The van der Waals surface area contributed by atoms with Crippen LogP contribution in [0.25, 0.3) is 0 Å². The molecule has 0 unspecified atom stereocenters. The van der Waals surface area contributed by atoms with Gasteiger partial charge in [0.05, 0.1) is 0 Å². The molecule has 0 aliphatic heterocycles. The molecule has 0 atom stereocenters. The molecule has 0 aromatic rings. The molecular weight excluding hydrogens is 302 g/mol. The minimum atomic E-state index is 1.18. The molecule has 0 aromatic heterocycles. The Morgan fingerprint density at radius 1 is 0.600 bits per heavy atom. The lowest BCUT2D eigenvalue weighted by atomic mass is 10.1. The summed E-state index contributed by atoms with van der Waals surface area (Å²) in [6, 6.07) is 0. The number of rotatable bonds is 19. The maximum absolute atomic E-state index is 2.71. The van der Waals surface area contributed by atoms with Crippen LogP contribution in [-0.4, -0.2) is 24.5 Å². The van der Waals surface area contributed by atoms with Crippen LogP contribution < -0.4 is 0 Å². The highest BCUT2D eigenvalue weighted by Crippen LogP contribution is 2.11. The van der Waals surface area contributed by atoms with E-state index in [0.29, 0.717) is 0 Å². The van der Waals surface area contributed by atoms with Crippen LogP contribution in [0.4, 0.5) is 0 Å². The van der Waals surface area contributed by atoms with Crippen molar-refractivity contribution in [3.63, 3.8) is 0 Å². The first kappa shape index (κ1) is 24.7. The molecule has 1 nitrogen and oxygen atoms in total. The van der Waals surface area contributed by atoms with Crippen molar-refractivity contribution in [3.05, 3.63) is 11.6 Å². The Bertz CT molecular complexity index is 282. The molecule has 0 radical (unpaired) electrons. The Hall–Kier alpha value is -0.300. The second-order valence-corrected chi connectivity index (χ2v) is 8.01. The molecular formula is C24H49N. The first-order valence-electron chi connectivity index (χ1n) is 11.6. The van der Waals surface area contributed by atoms with Crippen molar-refractivity contribution in [2.24, 2.45) is 0 Å². The summed E-state index contributed by atoms with van der Waals surface area (Å²) >= 11 is 0. The van der Waals surface area contributed by atoms with E-state index in [1.165, 1.54) is 122 Å². The zero-order valence-corrected chi connectivity index (χ0v) is 18.3. The standard InChI is InChI=1S/C24H49N/c1-5-8-10-12-14-16-18-20-22-25(23-24(4)7-3)21-19-17-15-13-11-9-6-2/h7H,5-6,8-23H2,1-4H3/b24-7+. The lowest BCUT2D eigenvalue weighted by Crippen LogP contribution is -2.28. The van der Waals surface area contributed by atoms with Gasteiger partial charge in [0.2, 0.25) is 0 Å². The highest BCUT2D eigenvalue weighted by atomic mass is 15.1. The van der Waals surface area contributed by atoms with Crippen LogP contribution in [0.1, 0.15) is 124 Å². The van der Waals surface area contributed by atoms with E-state index in [1.54, 1.807) is 0 Å². The topological polar surface area (TPSA) is 3.24 Å². The predicted molar refractivity (Wildman–Crippen MR) is 116 cm³/mol. The molecule has 150 valence electrons. The first-order chi connectivity index (χ1) is 12.2. The van der Waals surface area contributed by atoms with Crippen LogP contribution >= 0.6 is 0 Å². The van der Waals surface area contributed by atoms with Gasteiger partial charge in [-0.05, 0) is 39.8 Å². The van der Waals surface area contributed by atoms with Crippen molar-refractivity contribution in [3.8, 4) is 0 Å². The summed E-state index contributed by atoms with van der Waals surface area (Å²) in [6.45, 7) is 12.8. The number of unbranched alkanes of at least 4 members (excludes halogenated alkanes) is 13. The van der Waals surface area contributed by atoms with E-state index in [4.69, 9.17) is 0 Å². The molecule has 0 saturated carbocycles. The fourth-order valence-corrected chi connectivity index (χ4v) is 3.48. The van der Waals surface area contributed by atoms with Gasteiger partial charge in [-0.15, -0.1) is 0 Å². The van der Waals surface area contributed by atoms with Crippen LogP contribution in [0.5, 0.6) is 0 Å². The second kappa shape index (κ2) is 20.0. The summed E-state index contributed by atoms with van der Waals surface area (Å²) < 4.78 is 0. The molecule has 0 saturated heterocycles. The van der Waals surface area contributed by atoms with Crippen molar-refractivity contribution in [1.29, 1.82) is 0 Å². The summed E-state index contributed by atoms with van der Waals surface area (Å²) in [5.41, 5.74) is 1.53. The van der Waals surface area contributed by atoms with Crippen LogP contribution in [0.2, 0.25) is 0 Å². The molecule has 0 amide bonds. The van der Waals surface area contributed by atoms with Crippen molar-refractivity contribution >= 4 is 0 Å².